The molecule has 0 saturated carbocycles. The van der Waals surface area contributed by atoms with Gasteiger partial charge in [0.2, 0.25) is 0 Å². The first-order valence-corrected chi connectivity index (χ1v) is 6.84. The first kappa shape index (κ1) is 14.2. The maximum atomic E-state index is 5.54. The van der Waals surface area contributed by atoms with Crippen LogP contribution in [-0.4, -0.2) is 32.9 Å². The Labute approximate surface area is 86.9 Å². The molecule has 0 aliphatic heterocycles. The molecule has 0 aromatic heterocycles. The molecule has 14 heavy (non-hydrogen) atoms. The molecule has 5 nitrogen and oxygen atoms in total. The number of nitrogens with one attached hydrogen (secondary N) is 1. The van der Waals surface area contributed by atoms with Crippen molar-refractivity contribution >= 4 is 8.09 Å². The van der Waals surface area contributed by atoms with Gasteiger partial charge < -0.3 is 0 Å². The summed E-state index contributed by atoms with van der Waals surface area (Å²) in [6.45, 7) is 8.67. The van der Waals surface area contributed by atoms with Gasteiger partial charge in [-0.15, -0.1) is 0 Å². The van der Waals surface area contributed by atoms with Crippen LogP contribution in [0.15, 0.2) is 0 Å². The van der Waals surface area contributed by atoms with Crippen LogP contribution in [0.5, 0.6) is 0 Å². The first-order chi connectivity index (χ1) is 6.74. The van der Waals surface area contributed by atoms with Gasteiger partial charge in [-0.3, -0.25) is 0 Å². The van der Waals surface area contributed by atoms with Crippen molar-refractivity contribution in [1.82, 2.24) is 5.09 Å². The zero-order chi connectivity index (χ0) is 10.9. The van der Waals surface area contributed by atoms with Crippen molar-refractivity contribution in [3.8, 4) is 0 Å². The number of hydrogen-bond donors (Lipinski definition) is 2. The third-order valence-corrected chi connectivity index (χ3v) is 4.18. The van der Waals surface area contributed by atoms with E-state index in [1.807, 2.05) is 20.8 Å². The molecule has 0 atom stereocenters. The van der Waals surface area contributed by atoms with Crippen molar-refractivity contribution < 1.29 is 13.6 Å². The summed E-state index contributed by atoms with van der Waals surface area (Å²) < 4.78 is 16.6. The Balaban J connectivity index is 4.21. The van der Waals surface area contributed by atoms with Crippen LogP contribution in [0.2, 0.25) is 0 Å². The Morgan fingerprint density at radius 2 is 1.43 bits per heavy atom. The summed E-state index contributed by atoms with van der Waals surface area (Å²) in [4.78, 5) is 0. The van der Waals surface area contributed by atoms with Gasteiger partial charge in [-0.25, -0.2) is 0 Å². The second kappa shape index (κ2) is 8.53. The van der Waals surface area contributed by atoms with Gasteiger partial charge in [0.15, 0.2) is 0 Å². The summed E-state index contributed by atoms with van der Waals surface area (Å²) in [5, 5.41) is 3.13. The van der Waals surface area contributed by atoms with Gasteiger partial charge in [-0.05, 0) is 0 Å². The molecule has 0 rings (SSSR count). The van der Waals surface area contributed by atoms with E-state index in [2.05, 4.69) is 5.09 Å². The molecule has 0 aromatic rings. The standard InChI is InChI=1S/C8H23N2O3P/c1-4-11-14(12-5-2,13-6-3)10-8-7-9/h10,14H,4-9H2,1-3H3. The van der Waals surface area contributed by atoms with Crippen molar-refractivity contribution in [2.45, 2.75) is 20.8 Å². The fourth-order valence-electron chi connectivity index (χ4n) is 1.07. The average Bonchev–Trinajstić information content (AvgIpc) is 2.16. The zero-order valence-corrected chi connectivity index (χ0v) is 10.3. The Kier molecular flexibility index (Phi) is 8.67. The van der Waals surface area contributed by atoms with Crippen LogP contribution in [0, 0.1) is 0 Å². The van der Waals surface area contributed by atoms with Crippen molar-refractivity contribution in [2.75, 3.05) is 32.9 Å². The molecule has 0 fully saturated rings. The molecule has 0 aromatic carbocycles. The summed E-state index contributed by atoms with van der Waals surface area (Å²) in [7, 11) is -2.65. The van der Waals surface area contributed by atoms with Crippen LogP contribution in [0.25, 0.3) is 0 Å². The van der Waals surface area contributed by atoms with Crippen molar-refractivity contribution in [1.29, 1.82) is 0 Å². The molecule has 0 radical (unpaired) electrons. The monoisotopic (exact) mass is 226 g/mol. The minimum atomic E-state index is -2.65. The summed E-state index contributed by atoms with van der Waals surface area (Å²) >= 11 is 0. The van der Waals surface area contributed by atoms with Crippen molar-refractivity contribution in [2.24, 2.45) is 5.73 Å². The van der Waals surface area contributed by atoms with Crippen molar-refractivity contribution in [3.05, 3.63) is 0 Å². The van der Waals surface area contributed by atoms with Gasteiger partial charge in [0.1, 0.15) is 0 Å². The van der Waals surface area contributed by atoms with E-state index >= 15 is 0 Å². The van der Waals surface area contributed by atoms with Crippen molar-refractivity contribution in [3.63, 3.8) is 0 Å². The van der Waals surface area contributed by atoms with Crippen LogP contribution < -0.4 is 10.8 Å². The van der Waals surface area contributed by atoms with E-state index in [4.69, 9.17) is 19.3 Å². The molecule has 0 bridgehead atoms. The molecule has 88 valence electrons. The van der Waals surface area contributed by atoms with E-state index < -0.39 is 8.09 Å². The van der Waals surface area contributed by atoms with Gasteiger partial charge >= 0.3 is 86.2 Å². The molecule has 0 unspecified atom stereocenters. The third-order valence-electron chi connectivity index (χ3n) is 1.49. The normalized spacial score (nSPS) is 13.1. The molecule has 3 N–H and O–H groups in total. The Morgan fingerprint density at radius 3 is 1.71 bits per heavy atom. The van der Waals surface area contributed by atoms with E-state index in [0.717, 1.165) is 0 Å². The molecule has 0 saturated heterocycles. The van der Waals surface area contributed by atoms with E-state index in [1.54, 1.807) is 0 Å². The Hall–Kier alpha value is 0.230. The predicted molar refractivity (Wildman–Crippen MR) is 60.3 cm³/mol. The Morgan fingerprint density at radius 1 is 1.00 bits per heavy atom. The number of rotatable bonds is 9. The van der Waals surface area contributed by atoms with Crippen LogP contribution in [0.1, 0.15) is 20.8 Å². The van der Waals surface area contributed by atoms with E-state index in [-0.39, 0.29) is 0 Å². The molecule has 0 aliphatic rings. The van der Waals surface area contributed by atoms with Crippen LogP contribution in [0.3, 0.4) is 0 Å². The molecule has 0 spiro atoms. The van der Waals surface area contributed by atoms with E-state index in [1.165, 1.54) is 0 Å². The van der Waals surface area contributed by atoms with E-state index in [0.29, 0.717) is 32.9 Å². The molecule has 0 aliphatic carbocycles. The van der Waals surface area contributed by atoms with Gasteiger partial charge in [0.05, 0.1) is 0 Å². The average molecular weight is 226 g/mol. The Bertz CT molecular complexity index is 121. The predicted octanol–water partition coefficient (Wildman–Crippen LogP) is 1.05. The van der Waals surface area contributed by atoms with Gasteiger partial charge in [-0.1, -0.05) is 0 Å². The van der Waals surface area contributed by atoms with Crippen LogP contribution in [-0.2, 0) is 13.6 Å². The topological polar surface area (TPSA) is 65.7 Å². The van der Waals surface area contributed by atoms with E-state index in [9.17, 15) is 0 Å². The zero-order valence-electron chi connectivity index (χ0n) is 9.34. The third kappa shape index (κ3) is 5.20. The molecular weight excluding hydrogens is 203 g/mol. The summed E-state index contributed by atoms with van der Waals surface area (Å²) in [6, 6.07) is 0. The number of hydrogen-bond acceptors (Lipinski definition) is 5. The second-order valence-corrected chi connectivity index (χ2v) is 4.90. The second-order valence-electron chi connectivity index (χ2n) is 2.57. The number of nitrogens with two attached hydrogens (primary N) is 1. The van der Waals surface area contributed by atoms with Gasteiger partial charge in [0, 0.05) is 0 Å². The fraction of sp³-hybridized carbons (Fsp3) is 1.00. The quantitative estimate of drug-likeness (QED) is 0.575. The first-order valence-electron chi connectivity index (χ1n) is 5.11. The molecular formula is C8H23N2O3P. The molecule has 0 amide bonds. The van der Waals surface area contributed by atoms with Gasteiger partial charge in [0.25, 0.3) is 0 Å². The minimum absolute atomic E-state index is 0.544. The fourth-order valence-corrected chi connectivity index (χ4v) is 3.22. The van der Waals surface area contributed by atoms with Gasteiger partial charge in [-0.2, -0.15) is 0 Å². The summed E-state index contributed by atoms with van der Waals surface area (Å²) in [6.07, 6.45) is 0. The van der Waals surface area contributed by atoms with Crippen LogP contribution >= 0.6 is 8.09 Å². The summed E-state index contributed by atoms with van der Waals surface area (Å²) in [5.74, 6) is 0. The van der Waals surface area contributed by atoms with Crippen LogP contribution in [0.4, 0.5) is 0 Å². The molecule has 0 heterocycles. The SMILES string of the molecule is CCO[PH](NCCN)(OCC)OCC. The summed E-state index contributed by atoms with van der Waals surface area (Å²) in [5.41, 5.74) is 5.42. The maximum absolute atomic E-state index is 5.54. The molecule has 6 heteroatoms.